The first-order valence-electron chi connectivity index (χ1n) is 7.40. The molecule has 0 saturated heterocycles. The van der Waals surface area contributed by atoms with Crippen molar-refractivity contribution in [1.82, 2.24) is 15.4 Å². The Morgan fingerprint density at radius 1 is 0.880 bits per heavy atom. The van der Waals surface area contributed by atoms with Crippen LogP contribution >= 0.6 is 0 Å². The normalized spacial score (nSPS) is 9.96. The molecule has 0 bridgehead atoms. The molecule has 2 N–H and O–H groups in total. The van der Waals surface area contributed by atoms with Crippen LogP contribution in [-0.4, -0.2) is 26.8 Å². The molecule has 0 saturated carbocycles. The number of carbonyl (C=O) groups excluding carboxylic acids is 1. The summed E-state index contributed by atoms with van der Waals surface area (Å²) in [5, 5.41) is 12.7. The second kappa shape index (κ2) is 7.80. The van der Waals surface area contributed by atoms with E-state index in [9.17, 15) is 4.79 Å². The van der Waals surface area contributed by atoms with Crippen molar-refractivity contribution in [2.45, 2.75) is 0 Å². The maximum atomic E-state index is 11.3. The molecule has 1 heterocycles. The lowest BCUT2D eigenvalue weighted by Gasteiger charge is -2.06. The number of rotatable bonds is 5. The van der Waals surface area contributed by atoms with E-state index in [0.717, 1.165) is 11.1 Å². The fourth-order valence-corrected chi connectivity index (χ4v) is 2.10. The fraction of sp³-hybridized carbons (Fsp3) is 0. The maximum absolute atomic E-state index is 11.3. The molecule has 0 spiro atoms. The summed E-state index contributed by atoms with van der Waals surface area (Å²) in [6, 6.07) is 19.1. The number of nitrogens with one attached hydrogen (secondary N) is 1. The van der Waals surface area contributed by atoms with Gasteiger partial charge in [0.2, 0.25) is 0 Å². The summed E-state index contributed by atoms with van der Waals surface area (Å²) in [4.78, 5) is 24.4. The average molecular weight is 334 g/mol. The Balaban J connectivity index is 1.88. The summed E-state index contributed by atoms with van der Waals surface area (Å²) in [5.74, 6) is -0.704. The Bertz CT molecular complexity index is 824. The highest BCUT2D eigenvalue weighted by Crippen LogP contribution is 2.12. The lowest BCUT2D eigenvalue weighted by atomic mass is 10.0. The second-order valence-electron chi connectivity index (χ2n) is 4.96. The highest BCUT2D eigenvalue weighted by atomic mass is 16.6. The van der Waals surface area contributed by atoms with Gasteiger partial charge in [0.25, 0.3) is 5.91 Å². The molecule has 7 heteroatoms. The zero-order valence-corrected chi connectivity index (χ0v) is 13.0. The molecule has 2 aromatic carbocycles. The van der Waals surface area contributed by atoms with Gasteiger partial charge in [-0.3, -0.25) is 10.0 Å². The first kappa shape index (κ1) is 16.3. The Morgan fingerprint density at radius 3 is 1.88 bits per heavy atom. The van der Waals surface area contributed by atoms with E-state index in [-0.39, 0.29) is 11.6 Å². The lowest BCUT2D eigenvalue weighted by molar-refractivity contribution is 0.0705. The van der Waals surface area contributed by atoms with Gasteiger partial charge >= 0.3 is 6.01 Å². The average Bonchev–Trinajstić information content (AvgIpc) is 2.70. The van der Waals surface area contributed by atoms with Crippen molar-refractivity contribution in [3.05, 3.63) is 89.7 Å². The molecule has 1 aromatic heterocycles. The van der Waals surface area contributed by atoms with Gasteiger partial charge in [0, 0.05) is 23.5 Å². The van der Waals surface area contributed by atoms with E-state index in [1.54, 1.807) is 0 Å². The predicted molar refractivity (Wildman–Crippen MR) is 90.4 cm³/mol. The molecule has 0 radical (unpaired) electrons. The van der Waals surface area contributed by atoms with Crippen LogP contribution in [0.3, 0.4) is 0 Å². The van der Waals surface area contributed by atoms with Crippen LogP contribution < -0.4 is 10.3 Å². The lowest BCUT2D eigenvalue weighted by Crippen LogP contribution is -2.19. The molecule has 7 nitrogen and oxygen atoms in total. The molecule has 124 valence electrons. The van der Waals surface area contributed by atoms with Crippen molar-refractivity contribution in [3.8, 4) is 6.01 Å². The monoisotopic (exact) mass is 334 g/mol. The summed E-state index contributed by atoms with van der Waals surface area (Å²) in [6.45, 7) is 0. The van der Waals surface area contributed by atoms with Gasteiger partial charge in [-0.2, -0.15) is 0 Å². The van der Waals surface area contributed by atoms with Crippen molar-refractivity contribution < 1.29 is 14.8 Å². The molecular formula is C18H14N4O3. The van der Waals surface area contributed by atoms with E-state index in [0.29, 0.717) is 5.71 Å². The summed E-state index contributed by atoms with van der Waals surface area (Å²) >= 11 is 0. The van der Waals surface area contributed by atoms with Crippen LogP contribution in [0.1, 0.15) is 21.5 Å². The van der Waals surface area contributed by atoms with E-state index in [4.69, 9.17) is 10.0 Å². The summed E-state index contributed by atoms with van der Waals surface area (Å²) < 4.78 is 0. The van der Waals surface area contributed by atoms with Crippen molar-refractivity contribution in [1.29, 1.82) is 0 Å². The molecular weight excluding hydrogens is 320 g/mol. The van der Waals surface area contributed by atoms with Gasteiger partial charge < -0.3 is 4.84 Å². The van der Waals surface area contributed by atoms with Crippen LogP contribution in [0.25, 0.3) is 0 Å². The zero-order chi connectivity index (χ0) is 17.5. The predicted octanol–water partition coefficient (Wildman–Crippen LogP) is 2.43. The number of oxime groups is 1. The minimum Gasteiger partial charge on any atom is -0.314 e. The minimum atomic E-state index is -0.704. The highest BCUT2D eigenvalue weighted by Gasteiger charge is 2.09. The third-order valence-corrected chi connectivity index (χ3v) is 3.30. The van der Waals surface area contributed by atoms with E-state index in [1.807, 2.05) is 60.7 Å². The van der Waals surface area contributed by atoms with Crippen molar-refractivity contribution >= 4 is 11.6 Å². The van der Waals surface area contributed by atoms with Crippen LogP contribution in [0, 0.1) is 0 Å². The number of nitrogens with zero attached hydrogens (tertiary/aromatic N) is 3. The Morgan fingerprint density at radius 2 is 1.40 bits per heavy atom. The van der Waals surface area contributed by atoms with E-state index in [2.05, 4.69) is 15.1 Å². The number of aromatic nitrogens is 2. The Hall–Kier alpha value is -3.58. The number of benzene rings is 2. The zero-order valence-electron chi connectivity index (χ0n) is 13.0. The molecule has 0 aliphatic carbocycles. The highest BCUT2D eigenvalue weighted by molar-refractivity contribution is 6.12. The number of hydrogen-bond acceptors (Lipinski definition) is 6. The molecule has 3 aromatic rings. The summed E-state index contributed by atoms with van der Waals surface area (Å²) in [7, 11) is 0. The van der Waals surface area contributed by atoms with Crippen molar-refractivity contribution in [2.24, 2.45) is 5.16 Å². The van der Waals surface area contributed by atoms with Crippen LogP contribution in [0.4, 0.5) is 0 Å². The van der Waals surface area contributed by atoms with Gasteiger partial charge in [-0.05, 0) is 0 Å². The van der Waals surface area contributed by atoms with Crippen LogP contribution in [-0.2, 0) is 0 Å². The van der Waals surface area contributed by atoms with Gasteiger partial charge in [-0.25, -0.2) is 15.4 Å². The van der Waals surface area contributed by atoms with Crippen LogP contribution in [0.2, 0.25) is 0 Å². The molecule has 0 atom stereocenters. The maximum Gasteiger partial charge on any atom is 0.345 e. The van der Waals surface area contributed by atoms with Gasteiger partial charge in [-0.1, -0.05) is 65.8 Å². The SMILES string of the molecule is O=C(NO)c1cnc(ON=C(c2ccccc2)c2ccccc2)nc1. The third kappa shape index (κ3) is 4.04. The number of hydrogen-bond donors (Lipinski definition) is 2. The van der Waals surface area contributed by atoms with Gasteiger partial charge in [0.15, 0.2) is 0 Å². The largest absolute Gasteiger partial charge is 0.345 e. The minimum absolute atomic E-state index is 0.0150. The third-order valence-electron chi connectivity index (χ3n) is 3.30. The van der Waals surface area contributed by atoms with Crippen LogP contribution in [0.15, 0.2) is 78.2 Å². The van der Waals surface area contributed by atoms with Gasteiger partial charge in [-0.15, -0.1) is 0 Å². The van der Waals surface area contributed by atoms with Crippen molar-refractivity contribution in [3.63, 3.8) is 0 Å². The number of amides is 1. The molecule has 0 fully saturated rings. The Kier molecular flexibility index (Phi) is 5.08. The summed E-state index contributed by atoms with van der Waals surface area (Å²) in [6.07, 6.45) is 2.46. The van der Waals surface area contributed by atoms with E-state index < -0.39 is 5.91 Å². The van der Waals surface area contributed by atoms with Gasteiger partial charge in [0.05, 0.1) is 5.56 Å². The Labute approximate surface area is 143 Å². The van der Waals surface area contributed by atoms with Gasteiger partial charge in [0.1, 0.15) is 5.71 Å². The molecule has 25 heavy (non-hydrogen) atoms. The fourth-order valence-electron chi connectivity index (χ4n) is 2.10. The molecule has 0 unspecified atom stereocenters. The molecule has 0 aliphatic rings. The summed E-state index contributed by atoms with van der Waals surface area (Å²) in [5.41, 5.74) is 3.99. The topological polar surface area (TPSA) is 96.7 Å². The van der Waals surface area contributed by atoms with E-state index >= 15 is 0 Å². The quantitative estimate of drug-likeness (QED) is 0.424. The van der Waals surface area contributed by atoms with Crippen molar-refractivity contribution in [2.75, 3.05) is 0 Å². The molecule has 1 amide bonds. The smallest absolute Gasteiger partial charge is 0.314 e. The molecule has 3 rings (SSSR count). The first-order valence-corrected chi connectivity index (χ1v) is 7.40. The number of carbonyl (C=O) groups is 1. The first-order chi connectivity index (χ1) is 12.3. The standard InChI is InChI=1S/C18H14N4O3/c23-17(21-24)15-11-19-18(20-12-15)25-22-16(13-7-3-1-4-8-13)14-9-5-2-6-10-14/h1-12,24H,(H,21,23). The van der Waals surface area contributed by atoms with Crippen LogP contribution in [0.5, 0.6) is 6.01 Å². The number of hydroxylamine groups is 1. The molecule has 0 aliphatic heterocycles. The van der Waals surface area contributed by atoms with E-state index in [1.165, 1.54) is 17.9 Å². The second-order valence-corrected chi connectivity index (χ2v) is 4.96.